The number of anilines is 1. The molecule has 0 spiro atoms. The average molecular weight is 172 g/mol. The summed E-state index contributed by atoms with van der Waals surface area (Å²) in [6, 6.07) is 2.46. The molecule has 2 rings (SSSR count). The first-order chi connectivity index (χ1) is 4.95. The van der Waals surface area contributed by atoms with Crippen molar-refractivity contribution < 1.29 is 0 Å². The molecule has 0 radical (unpaired) electrons. The molecule has 0 aliphatic heterocycles. The Morgan fingerprint density at radius 2 is 1.91 bits per heavy atom. The van der Waals surface area contributed by atoms with Crippen molar-refractivity contribution in [3.05, 3.63) is 18.5 Å². The molecule has 0 bridgehead atoms. The van der Waals surface area contributed by atoms with Crippen LogP contribution in [0.1, 0.15) is 12.8 Å². The summed E-state index contributed by atoms with van der Waals surface area (Å²) >= 11 is 0. The SMILES string of the molecule is Cl.c1cnc(NC2CC2)nc1. The Morgan fingerprint density at radius 1 is 1.27 bits per heavy atom. The highest BCUT2D eigenvalue weighted by Gasteiger charge is 2.21. The molecular weight excluding hydrogens is 162 g/mol. The van der Waals surface area contributed by atoms with Gasteiger partial charge in [0, 0.05) is 18.4 Å². The Balaban J connectivity index is 0.000000605. The van der Waals surface area contributed by atoms with Gasteiger partial charge in [-0.15, -0.1) is 12.4 Å². The Hall–Kier alpha value is -0.830. The molecule has 1 aromatic heterocycles. The zero-order valence-corrected chi connectivity index (χ0v) is 6.84. The van der Waals surface area contributed by atoms with Crippen molar-refractivity contribution >= 4 is 18.4 Å². The minimum Gasteiger partial charge on any atom is -0.351 e. The molecule has 1 aromatic rings. The quantitative estimate of drug-likeness (QED) is 0.733. The molecule has 1 saturated carbocycles. The number of hydrogen-bond acceptors (Lipinski definition) is 3. The van der Waals surface area contributed by atoms with E-state index < -0.39 is 0 Å². The van der Waals surface area contributed by atoms with E-state index >= 15 is 0 Å². The number of nitrogens with zero attached hydrogens (tertiary/aromatic N) is 2. The first kappa shape index (κ1) is 8.27. The standard InChI is InChI=1S/C7H9N3.ClH/c1-4-8-7(9-5-1)10-6-2-3-6;/h1,4-6H,2-3H2,(H,8,9,10);1H. The van der Waals surface area contributed by atoms with Crippen LogP contribution >= 0.6 is 12.4 Å². The summed E-state index contributed by atoms with van der Waals surface area (Å²) in [5, 5.41) is 3.19. The van der Waals surface area contributed by atoms with Crippen LogP contribution in [-0.4, -0.2) is 16.0 Å². The van der Waals surface area contributed by atoms with E-state index in [1.165, 1.54) is 12.8 Å². The van der Waals surface area contributed by atoms with Gasteiger partial charge in [0.25, 0.3) is 0 Å². The smallest absolute Gasteiger partial charge is 0.222 e. The van der Waals surface area contributed by atoms with E-state index in [0.717, 1.165) is 5.95 Å². The Bertz CT molecular complexity index is 210. The van der Waals surface area contributed by atoms with Gasteiger partial charge in [-0.1, -0.05) is 0 Å². The second-order valence-corrected chi connectivity index (χ2v) is 2.49. The highest BCUT2D eigenvalue weighted by molar-refractivity contribution is 5.85. The molecule has 1 N–H and O–H groups in total. The average Bonchev–Trinajstić information content (AvgIpc) is 2.74. The molecule has 0 amide bonds. The predicted octanol–water partition coefficient (Wildman–Crippen LogP) is 1.47. The summed E-state index contributed by atoms with van der Waals surface area (Å²) in [6.45, 7) is 0. The molecule has 1 heterocycles. The van der Waals surface area contributed by atoms with Crippen molar-refractivity contribution in [1.82, 2.24) is 9.97 Å². The van der Waals surface area contributed by atoms with Gasteiger partial charge in [-0.25, -0.2) is 9.97 Å². The van der Waals surface area contributed by atoms with Crippen LogP contribution in [0.25, 0.3) is 0 Å². The van der Waals surface area contributed by atoms with Crippen molar-refractivity contribution in [2.75, 3.05) is 5.32 Å². The van der Waals surface area contributed by atoms with Crippen molar-refractivity contribution in [3.8, 4) is 0 Å². The van der Waals surface area contributed by atoms with Crippen molar-refractivity contribution in [3.63, 3.8) is 0 Å². The fourth-order valence-corrected chi connectivity index (χ4v) is 0.784. The summed E-state index contributed by atoms with van der Waals surface area (Å²) in [5.41, 5.74) is 0. The maximum atomic E-state index is 4.04. The van der Waals surface area contributed by atoms with E-state index in [-0.39, 0.29) is 12.4 Å². The predicted molar refractivity (Wildman–Crippen MR) is 45.9 cm³/mol. The van der Waals surface area contributed by atoms with Gasteiger partial charge in [0.1, 0.15) is 0 Å². The minimum atomic E-state index is 0. The van der Waals surface area contributed by atoms with Crippen molar-refractivity contribution in [2.45, 2.75) is 18.9 Å². The lowest BCUT2D eigenvalue weighted by atomic mass is 10.6. The summed E-state index contributed by atoms with van der Waals surface area (Å²) < 4.78 is 0. The van der Waals surface area contributed by atoms with Gasteiger partial charge in [0.15, 0.2) is 0 Å². The fraction of sp³-hybridized carbons (Fsp3) is 0.429. The van der Waals surface area contributed by atoms with Crippen molar-refractivity contribution in [1.29, 1.82) is 0 Å². The van der Waals surface area contributed by atoms with Crippen LogP contribution in [-0.2, 0) is 0 Å². The normalized spacial score (nSPS) is 15.3. The Kier molecular flexibility index (Phi) is 2.65. The summed E-state index contributed by atoms with van der Waals surface area (Å²) in [4.78, 5) is 8.07. The second-order valence-electron chi connectivity index (χ2n) is 2.49. The van der Waals surface area contributed by atoms with E-state index in [4.69, 9.17) is 0 Å². The lowest BCUT2D eigenvalue weighted by molar-refractivity contribution is 1.05. The Morgan fingerprint density at radius 3 is 2.45 bits per heavy atom. The number of rotatable bonds is 2. The van der Waals surface area contributed by atoms with Crippen LogP contribution in [0.4, 0.5) is 5.95 Å². The van der Waals surface area contributed by atoms with Gasteiger partial charge >= 0.3 is 0 Å². The highest BCUT2D eigenvalue weighted by Crippen LogP contribution is 2.22. The summed E-state index contributed by atoms with van der Waals surface area (Å²) in [7, 11) is 0. The lowest BCUT2D eigenvalue weighted by Gasteiger charge is -1.98. The van der Waals surface area contributed by atoms with Gasteiger partial charge in [-0.3, -0.25) is 0 Å². The minimum absolute atomic E-state index is 0. The third kappa shape index (κ3) is 2.35. The van der Waals surface area contributed by atoms with E-state index in [1.807, 2.05) is 6.07 Å². The molecule has 0 atom stereocenters. The molecule has 3 nitrogen and oxygen atoms in total. The first-order valence-corrected chi connectivity index (χ1v) is 3.49. The zero-order chi connectivity index (χ0) is 6.81. The van der Waals surface area contributed by atoms with Crippen LogP contribution in [0, 0.1) is 0 Å². The maximum Gasteiger partial charge on any atom is 0.222 e. The van der Waals surface area contributed by atoms with Crippen molar-refractivity contribution in [2.24, 2.45) is 0 Å². The number of hydrogen-bond donors (Lipinski definition) is 1. The molecule has 0 aromatic carbocycles. The van der Waals surface area contributed by atoms with Gasteiger partial charge in [-0.05, 0) is 18.9 Å². The highest BCUT2D eigenvalue weighted by atomic mass is 35.5. The second kappa shape index (κ2) is 3.53. The largest absolute Gasteiger partial charge is 0.351 e. The van der Waals surface area contributed by atoms with Gasteiger partial charge in [-0.2, -0.15) is 0 Å². The monoisotopic (exact) mass is 171 g/mol. The molecule has 11 heavy (non-hydrogen) atoms. The first-order valence-electron chi connectivity index (χ1n) is 3.49. The molecule has 4 heteroatoms. The third-order valence-electron chi connectivity index (χ3n) is 1.48. The lowest BCUT2D eigenvalue weighted by Crippen LogP contribution is -2.03. The number of nitrogens with one attached hydrogen (secondary N) is 1. The molecule has 0 saturated heterocycles. The molecule has 1 fully saturated rings. The number of aromatic nitrogens is 2. The molecule has 60 valence electrons. The van der Waals surface area contributed by atoms with Gasteiger partial charge < -0.3 is 5.32 Å². The fourth-order valence-electron chi connectivity index (χ4n) is 0.784. The molecule has 1 aliphatic rings. The van der Waals surface area contributed by atoms with Crippen LogP contribution in [0.2, 0.25) is 0 Å². The van der Waals surface area contributed by atoms with Crippen LogP contribution in [0.15, 0.2) is 18.5 Å². The van der Waals surface area contributed by atoms with E-state index in [9.17, 15) is 0 Å². The van der Waals surface area contributed by atoms with E-state index in [0.29, 0.717) is 6.04 Å². The number of halogens is 1. The topological polar surface area (TPSA) is 37.8 Å². The van der Waals surface area contributed by atoms with Crippen LogP contribution in [0.5, 0.6) is 0 Å². The van der Waals surface area contributed by atoms with Crippen LogP contribution < -0.4 is 5.32 Å². The Labute approximate surface area is 71.7 Å². The van der Waals surface area contributed by atoms with E-state index in [2.05, 4.69) is 15.3 Å². The third-order valence-corrected chi connectivity index (χ3v) is 1.48. The molecular formula is C7H10ClN3. The summed E-state index contributed by atoms with van der Waals surface area (Å²) in [6.07, 6.45) is 6.02. The molecule has 1 aliphatic carbocycles. The maximum absolute atomic E-state index is 4.04. The zero-order valence-electron chi connectivity index (χ0n) is 6.03. The summed E-state index contributed by atoms with van der Waals surface area (Å²) in [5.74, 6) is 0.755. The van der Waals surface area contributed by atoms with Gasteiger partial charge in [0.2, 0.25) is 5.95 Å². The molecule has 0 unspecified atom stereocenters. The van der Waals surface area contributed by atoms with Crippen LogP contribution in [0.3, 0.4) is 0 Å². The van der Waals surface area contributed by atoms with E-state index in [1.54, 1.807) is 12.4 Å². The van der Waals surface area contributed by atoms with Gasteiger partial charge in [0.05, 0.1) is 0 Å².